The predicted octanol–water partition coefficient (Wildman–Crippen LogP) is 1.72. The van der Waals surface area contributed by atoms with E-state index in [1.807, 2.05) is 0 Å². The SMILES string of the molecule is CC1CCC2(CC1)CN(CC1CNC1)C2. The molecule has 0 bridgehead atoms. The van der Waals surface area contributed by atoms with Crippen molar-refractivity contribution in [3.05, 3.63) is 0 Å². The fourth-order valence-electron chi connectivity index (χ4n) is 3.56. The van der Waals surface area contributed by atoms with E-state index in [-0.39, 0.29) is 0 Å². The van der Waals surface area contributed by atoms with Gasteiger partial charge in [0, 0.05) is 32.7 Å². The van der Waals surface area contributed by atoms with Crippen molar-refractivity contribution in [3.8, 4) is 0 Å². The van der Waals surface area contributed by atoms with Gasteiger partial charge in [-0.25, -0.2) is 0 Å². The van der Waals surface area contributed by atoms with E-state index in [4.69, 9.17) is 0 Å². The van der Waals surface area contributed by atoms with Gasteiger partial charge in [0.2, 0.25) is 0 Å². The molecule has 2 nitrogen and oxygen atoms in total. The van der Waals surface area contributed by atoms with Crippen LogP contribution in [0, 0.1) is 17.3 Å². The molecule has 2 heteroatoms. The van der Waals surface area contributed by atoms with Gasteiger partial charge in [0.05, 0.1) is 0 Å². The van der Waals surface area contributed by atoms with Gasteiger partial charge in [-0.1, -0.05) is 19.8 Å². The molecule has 3 rings (SSSR count). The van der Waals surface area contributed by atoms with Crippen LogP contribution in [0.5, 0.6) is 0 Å². The third kappa shape index (κ3) is 1.94. The largest absolute Gasteiger partial charge is 0.316 e. The first-order chi connectivity index (χ1) is 7.26. The maximum atomic E-state index is 3.36. The van der Waals surface area contributed by atoms with Crippen LogP contribution in [0.25, 0.3) is 0 Å². The second-order valence-corrected chi connectivity index (χ2v) is 6.38. The molecule has 3 fully saturated rings. The van der Waals surface area contributed by atoms with Crippen LogP contribution in [0.4, 0.5) is 0 Å². The summed E-state index contributed by atoms with van der Waals surface area (Å²) in [6.07, 6.45) is 5.98. The van der Waals surface area contributed by atoms with Crippen LogP contribution < -0.4 is 5.32 Å². The van der Waals surface area contributed by atoms with Crippen LogP contribution in [-0.2, 0) is 0 Å². The summed E-state index contributed by atoms with van der Waals surface area (Å²) in [5.41, 5.74) is 0.768. The highest BCUT2D eigenvalue weighted by Gasteiger charge is 2.44. The Kier molecular flexibility index (Phi) is 2.52. The minimum absolute atomic E-state index is 0.768. The molecule has 1 saturated carbocycles. The molecule has 0 amide bonds. The smallest absolute Gasteiger partial charge is 0.00506 e. The second-order valence-electron chi connectivity index (χ2n) is 6.38. The first-order valence-electron chi connectivity index (χ1n) is 6.69. The molecule has 1 spiro atoms. The molecule has 0 atom stereocenters. The molecule has 2 heterocycles. The van der Waals surface area contributed by atoms with Gasteiger partial charge in [-0.3, -0.25) is 0 Å². The highest BCUT2D eigenvalue weighted by atomic mass is 15.2. The fourth-order valence-corrected chi connectivity index (χ4v) is 3.56. The first kappa shape index (κ1) is 10.1. The average Bonchev–Trinajstić information content (AvgIpc) is 2.11. The minimum atomic E-state index is 0.768. The predicted molar refractivity (Wildman–Crippen MR) is 62.9 cm³/mol. The molecule has 3 aliphatic rings. The molecule has 15 heavy (non-hydrogen) atoms. The Morgan fingerprint density at radius 3 is 2.40 bits per heavy atom. The lowest BCUT2D eigenvalue weighted by Crippen LogP contribution is -2.61. The van der Waals surface area contributed by atoms with E-state index in [0.717, 1.165) is 17.3 Å². The van der Waals surface area contributed by atoms with Crippen molar-refractivity contribution >= 4 is 0 Å². The van der Waals surface area contributed by atoms with Gasteiger partial charge >= 0.3 is 0 Å². The first-order valence-corrected chi connectivity index (χ1v) is 6.69. The molecule has 0 aromatic heterocycles. The minimum Gasteiger partial charge on any atom is -0.316 e. The van der Waals surface area contributed by atoms with Crippen LogP contribution in [0.1, 0.15) is 32.6 Å². The normalized spacial score (nSPS) is 32.6. The highest BCUT2D eigenvalue weighted by Crippen LogP contribution is 2.45. The number of likely N-dealkylation sites (tertiary alicyclic amines) is 1. The van der Waals surface area contributed by atoms with Gasteiger partial charge in [0.15, 0.2) is 0 Å². The summed E-state index contributed by atoms with van der Waals surface area (Å²) in [4.78, 5) is 2.70. The molecule has 1 N–H and O–H groups in total. The standard InChI is InChI=1S/C13H24N2/c1-11-2-4-13(5-3-11)9-15(10-13)8-12-6-14-7-12/h11-12,14H,2-10H2,1H3. The molecule has 2 saturated heterocycles. The monoisotopic (exact) mass is 208 g/mol. The Morgan fingerprint density at radius 2 is 1.87 bits per heavy atom. The van der Waals surface area contributed by atoms with Crippen molar-refractivity contribution in [3.63, 3.8) is 0 Å². The van der Waals surface area contributed by atoms with E-state index in [0.29, 0.717) is 0 Å². The van der Waals surface area contributed by atoms with E-state index in [1.54, 1.807) is 0 Å². The maximum absolute atomic E-state index is 3.36. The molecule has 1 aliphatic carbocycles. The van der Waals surface area contributed by atoms with Gasteiger partial charge in [-0.2, -0.15) is 0 Å². The molecular weight excluding hydrogens is 184 g/mol. The van der Waals surface area contributed by atoms with Crippen molar-refractivity contribution < 1.29 is 0 Å². The summed E-state index contributed by atoms with van der Waals surface area (Å²) in [5, 5.41) is 3.36. The Morgan fingerprint density at radius 1 is 1.20 bits per heavy atom. The van der Waals surface area contributed by atoms with E-state index in [1.165, 1.54) is 58.4 Å². The topological polar surface area (TPSA) is 15.3 Å². The van der Waals surface area contributed by atoms with Crippen molar-refractivity contribution in [2.45, 2.75) is 32.6 Å². The van der Waals surface area contributed by atoms with Crippen molar-refractivity contribution in [2.75, 3.05) is 32.7 Å². The quantitative estimate of drug-likeness (QED) is 0.743. The molecule has 0 aromatic carbocycles. The summed E-state index contributed by atoms with van der Waals surface area (Å²) >= 11 is 0. The maximum Gasteiger partial charge on any atom is 0.00506 e. The van der Waals surface area contributed by atoms with E-state index in [2.05, 4.69) is 17.1 Å². The van der Waals surface area contributed by atoms with Gasteiger partial charge in [-0.05, 0) is 30.1 Å². The third-order valence-electron chi connectivity index (χ3n) is 4.84. The summed E-state index contributed by atoms with van der Waals surface area (Å²) in [7, 11) is 0. The van der Waals surface area contributed by atoms with Crippen LogP contribution in [0.15, 0.2) is 0 Å². The zero-order valence-corrected chi connectivity index (χ0v) is 9.97. The zero-order valence-electron chi connectivity index (χ0n) is 9.97. The Bertz CT molecular complexity index is 219. The van der Waals surface area contributed by atoms with Crippen molar-refractivity contribution in [2.24, 2.45) is 17.3 Å². The zero-order chi connectivity index (χ0) is 10.3. The second kappa shape index (κ2) is 3.74. The van der Waals surface area contributed by atoms with E-state index in [9.17, 15) is 0 Å². The Hall–Kier alpha value is -0.0800. The molecule has 0 unspecified atom stereocenters. The number of nitrogens with one attached hydrogen (secondary N) is 1. The molecule has 86 valence electrons. The molecular formula is C13H24N2. The van der Waals surface area contributed by atoms with Crippen LogP contribution in [-0.4, -0.2) is 37.6 Å². The summed E-state index contributed by atoms with van der Waals surface area (Å²) in [6, 6.07) is 0. The van der Waals surface area contributed by atoms with Gasteiger partial charge < -0.3 is 10.2 Å². The summed E-state index contributed by atoms with van der Waals surface area (Å²) < 4.78 is 0. The van der Waals surface area contributed by atoms with Gasteiger partial charge in [-0.15, -0.1) is 0 Å². The lowest BCUT2D eigenvalue weighted by molar-refractivity contribution is -0.0475. The van der Waals surface area contributed by atoms with Gasteiger partial charge in [0.1, 0.15) is 0 Å². The number of hydrogen-bond donors (Lipinski definition) is 1. The Balaban J connectivity index is 1.44. The average molecular weight is 208 g/mol. The van der Waals surface area contributed by atoms with E-state index < -0.39 is 0 Å². The van der Waals surface area contributed by atoms with Crippen LogP contribution in [0.3, 0.4) is 0 Å². The van der Waals surface area contributed by atoms with Gasteiger partial charge in [0.25, 0.3) is 0 Å². The number of nitrogens with zero attached hydrogens (tertiary/aromatic N) is 1. The fraction of sp³-hybridized carbons (Fsp3) is 1.00. The highest BCUT2D eigenvalue weighted by molar-refractivity contribution is 4.98. The summed E-state index contributed by atoms with van der Waals surface area (Å²) in [6.45, 7) is 9.14. The van der Waals surface area contributed by atoms with Crippen LogP contribution >= 0.6 is 0 Å². The third-order valence-corrected chi connectivity index (χ3v) is 4.84. The van der Waals surface area contributed by atoms with Crippen LogP contribution in [0.2, 0.25) is 0 Å². The molecule has 2 aliphatic heterocycles. The van der Waals surface area contributed by atoms with E-state index >= 15 is 0 Å². The van der Waals surface area contributed by atoms with Crippen molar-refractivity contribution in [1.82, 2.24) is 10.2 Å². The lowest BCUT2D eigenvalue weighted by Gasteiger charge is -2.54. The molecule has 0 radical (unpaired) electrons. The number of rotatable bonds is 2. The number of hydrogen-bond acceptors (Lipinski definition) is 2. The summed E-state index contributed by atoms with van der Waals surface area (Å²) in [5.74, 6) is 1.96. The molecule has 0 aromatic rings. The Labute approximate surface area is 93.4 Å². The lowest BCUT2D eigenvalue weighted by atomic mass is 9.66. The van der Waals surface area contributed by atoms with Crippen molar-refractivity contribution in [1.29, 1.82) is 0 Å².